The molecule has 0 spiro atoms. The van der Waals surface area contributed by atoms with E-state index in [1.54, 1.807) is 6.07 Å². The van der Waals surface area contributed by atoms with Crippen LogP contribution in [0.4, 0.5) is 15.8 Å². The molecule has 0 heterocycles. The fraction of sp³-hybridized carbons (Fsp3) is 0.143. The van der Waals surface area contributed by atoms with Crippen molar-refractivity contribution in [2.45, 2.75) is 13.2 Å². The minimum absolute atomic E-state index is 0.0242. The number of nitro groups is 2. The highest BCUT2D eigenvalue weighted by molar-refractivity contribution is 5.48. The van der Waals surface area contributed by atoms with Gasteiger partial charge in [0.1, 0.15) is 6.61 Å². The summed E-state index contributed by atoms with van der Waals surface area (Å²) in [5.41, 5.74) is 1.77. The van der Waals surface area contributed by atoms with Gasteiger partial charge in [-0.3, -0.25) is 20.2 Å². The monoisotopic (exact) mass is 538 g/mol. The molecule has 4 aromatic rings. The molecule has 0 atom stereocenters. The molecule has 4 aromatic carbocycles. The van der Waals surface area contributed by atoms with E-state index in [-0.39, 0.29) is 23.7 Å². The molecule has 0 aliphatic rings. The van der Waals surface area contributed by atoms with Crippen molar-refractivity contribution in [2.75, 3.05) is 14.2 Å². The molecule has 0 amide bonds. The molecule has 0 unspecified atom stereocenters. The molecule has 39 heavy (non-hydrogen) atoms. The molecule has 0 bridgehead atoms. The van der Waals surface area contributed by atoms with E-state index >= 15 is 0 Å². The number of rotatable bonds is 8. The quantitative estimate of drug-likeness (QED) is 0.210. The van der Waals surface area contributed by atoms with Gasteiger partial charge in [-0.15, -0.1) is 0 Å². The zero-order valence-corrected chi connectivity index (χ0v) is 21.2. The molecule has 1 N–H and O–H groups in total. The van der Waals surface area contributed by atoms with Gasteiger partial charge >= 0.3 is 0 Å². The summed E-state index contributed by atoms with van der Waals surface area (Å²) in [6.45, 7) is 0.524. The number of non-ortho nitro benzene ring substituents is 2. The van der Waals surface area contributed by atoms with Crippen LogP contribution < -0.4 is 14.2 Å². The number of hydrogen-bond acceptors (Lipinski definition) is 8. The van der Waals surface area contributed by atoms with Crippen LogP contribution in [0.2, 0.25) is 0 Å². The fourth-order valence-corrected chi connectivity index (χ4v) is 2.97. The van der Waals surface area contributed by atoms with E-state index in [1.165, 1.54) is 26.4 Å². The molecule has 204 valence electrons. The second-order valence-electron chi connectivity index (χ2n) is 7.59. The molecular formula is C28H27FN2O8. The molecule has 0 saturated heterocycles. The summed E-state index contributed by atoms with van der Waals surface area (Å²) in [5.74, 6) is 0.106. The van der Waals surface area contributed by atoms with Crippen LogP contribution >= 0.6 is 0 Å². The van der Waals surface area contributed by atoms with E-state index in [4.69, 9.17) is 14.6 Å². The molecule has 4 rings (SSSR count). The standard InChI is InChI=1S/C14H13NO4.C7H6FNO3.C7H8O/c1-18-14-9-12(15(16)17)7-8-13(14)19-10-11-5-3-2-4-6-11;1-12-7-4-5(9(10)11)2-3-6(7)8;8-6-7-4-2-1-3-5-7/h2-9H,10H2,1H3;2-4H,1H3;1-5,8H,6H2. The summed E-state index contributed by atoms with van der Waals surface area (Å²) in [4.78, 5) is 19.8. The molecule has 0 radical (unpaired) electrons. The van der Waals surface area contributed by atoms with Crippen LogP contribution in [-0.2, 0) is 13.2 Å². The average molecular weight is 539 g/mol. The molecule has 0 aromatic heterocycles. The third kappa shape index (κ3) is 10.1. The van der Waals surface area contributed by atoms with Gasteiger partial charge in [0, 0.05) is 12.1 Å². The van der Waals surface area contributed by atoms with Crippen LogP contribution in [0.3, 0.4) is 0 Å². The fourth-order valence-electron chi connectivity index (χ4n) is 2.97. The van der Waals surface area contributed by atoms with Crippen LogP contribution in [-0.4, -0.2) is 29.2 Å². The normalized spacial score (nSPS) is 9.64. The highest BCUT2D eigenvalue weighted by atomic mass is 19.1. The maximum Gasteiger partial charge on any atom is 0.273 e. The molecule has 0 saturated carbocycles. The van der Waals surface area contributed by atoms with Crippen molar-refractivity contribution >= 4 is 11.4 Å². The summed E-state index contributed by atoms with van der Waals surface area (Å²) in [7, 11) is 2.70. The summed E-state index contributed by atoms with van der Waals surface area (Å²) in [6, 6.07) is 26.6. The Morgan fingerprint density at radius 3 is 1.64 bits per heavy atom. The molecule has 0 aliphatic carbocycles. The van der Waals surface area contributed by atoms with Crippen molar-refractivity contribution in [1.29, 1.82) is 0 Å². The lowest BCUT2D eigenvalue weighted by atomic mass is 10.2. The number of benzene rings is 4. The van der Waals surface area contributed by atoms with Crippen LogP contribution in [0.1, 0.15) is 11.1 Å². The first-order valence-corrected chi connectivity index (χ1v) is 11.4. The Kier molecular flexibility index (Phi) is 12.3. The van der Waals surface area contributed by atoms with E-state index in [1.807, 2.05) is 60.7 Å². The molecule has 11 heteroatoms. The molecule has 10 nitrogen and oxygen atoms in total. The van der Waals surface area contributed by atoms with E-state index in [9.17, 15) is 24.6 Å². The Balaban J connectivity index is 0.000000227. The lowest BCUT2D eigenvalue weighted by molar-refractivity contribution is -0.385. The van der Waals surface area contributed by atoms with Crippen molar-refractivity contribution in [2.24, 2.45) is 0 Å². The third-order valence-corrected chi connectivity index (χ3v) is 4.97. The maximum absolute atomic E-state index is 12.7. The number of halogens is 1. The summed E-state index contributed by atoms with van der Waals surface area (Å²) in [5, 5.41) is 29.4. The van der Waals surface area contributed by atoms with Crippen LogP contribution in [0.15, 0.2) is 97.1 Å². The second kappa shape index (κ2) is 15.9. The summed E-state index contributed by atoms with van der Waals surface area (Å²) < 4.78 is 27.9. The average Bonchev–Trinajstić information content (AvgIpc) is 2.97. The number of nitro benzene ring substituents is 2. The van der Waals surface area contributed by atoms with Crippen LogP contribution in [0.5, 0.6) is 17.2 Å². The lowest BCUT2D eigenvalue weighted by Gasteiger charge is -2.10. The number of nitrogens with zero attached hydrogens (tertiary/aromatic N) is 2. The Bertz CT molecular complexity index is 1340. The number of aliphatic hydroxyl groups is 1. The second-order valence-corrected chi connectivity index (χ2v) is 7.59. The SMILES string of the molecule is COc1cc([N+](=O)[O-])ccc1F.COc1cc([N+](=O)[O-])ccc1OCc1ccccc1.OCc1ccccc1. The van der Waals surface area contributed by atoms with E-state index in [0.29, 0.717) is 18.1 Å². The number of hydrogen-bond donors (Lipinski definition) is 1. The van der Waals surface area contributed by atoms with Gasteiger partial charge in [-0.25, -0.2) is 4.39 Å². The van der Waals surface area contributed by atoms with Gasteiger partial charge < -0.3 is 19.3 Å². The Morgan fingerprint density at radius 1 is 0.692 bits per heavy atom. The molecule has 0 aliphatic heterocycles. The molecular weight excluding hydrogens is 511 g/mol. The van der Waals surface area contributed by atoms with Crippen LogP contribution in [0.25, 0.3) is 0 Å². The zero-order valence-electron chi connectivity index (χ0n) is 21.2. The first-order valence-electron chi connectivity index (χ1n) is 11.4. The predicted molar refractivity (Wildman–Crippen MR) is 142 cm³/mol. The van der Waals surface area contributed by atoms with Crippen molar-refractivity contribution < 1.29 is 33.6 Å². The number of aliphatic hydroxyl groups excluding tert-OH is 1. The largest absolute Gasteiger partial charge is 0.493 e. The van der Waals surface area contributed by atoms with Gasteiger partial charge in [0.05, 0.1) is 42.8 Å². The van der Waals surface area contributed by atoms with Crippen molar-refractivity contribution in [3.63, 3.8) is 0 Å². The predicted octanol–water partition coefficient (Wildman–Crippen LogP) is 6.10. The third-order valence-electron chi connectivity index (χ3n) is 4.97. The van der Waals surface area contributed by atoms with Crippen molar-refractivity contribution in [3.05, 3.63) is 134 Å². The number of ether oxygens (including phenoxy) is 3. The zero-order chi connectivity index (χ0) is 28.6. The van der Waals surface area contributed by atoms with E-state index in [0.717, 1.165) is 29.3 Å². The van der Waals surface area contributed by atoms with Gasteiger partial charge in [0.2, 0.25) is 0 Å². The number of methoxy groups -OCH3 is 2. The summed E-state index contributed by atoms with van der Waals surface area (Å²) >= 11 is 0. The van der Waals surface area contributed by atoms with Gasteiger partial charge in [-0.2, -0.15) is 0 Å². The van der Waals surface area contributed by atoms with Gasteiger partial charge in [-0.1, -0.05) is 60.7 Å². The van der Waals surface area contributed by atoms with Crippen LogP contribution in [0, 0.1) is 26.0 Å². The van der Waals surface area contributed by atoms with Crippen molar-refractivity contribution in [3.8, 4) is 17.2 Å². The Hall–Kier alpha value is -5.03. The first-order chi connectivity index (χ1) is 18.8. The highest BCUT2D eigenvalue weighted by Gasteiger charge is 2.12. The highest BCUT2D eigenvalue weighted by Crippen LogP contribution is 2.31. The minimum atomic E-state index is -0.609. The van der Waals surface area contributed by atoms with E-state index < -0.39 is 15.7 Å². The van der Waals surface area contributed by atoms with Gasteiger partial charge in [0.15, 0.2) is 23.1 Å². The topological polar surface area (TPSA) is 134 Å². The summed E-state index contributed by atoms with van der Waals surface area (Å²) in [6.07, 6.45) is 0. The Morgan fingerprint density at radius 2 is 1.18 bits per heavy atom. The maximum atomic E-state index is 12.7. The Labute approximate surface area is 224 Å². The van der Waals surface area contributed by atoms with Gasteiger partial charge in [-0.05, 0) is 23.3 Å². The van der Waals surface area contributed by atoms with Gasteiger partial charge in [0.25, 0.3) is 11.4 Å². The molecule has 0 fully saturated rings. The minimum Gasteiger partial charge on any atom is -0.493 e. The smallest absolute Gasteiger partial charge is 0.273 e. The lowest BCUT2D eigenvalue weighted by Crippen LogP contribution is -1.98. The van der Waals surface area contributed by atoms with Crippen molar-refractivity contribution in [1.82, 2.24) is 0 Å². The van der Waals surface area contributed by atoms with E-state index in [2.05, 4.69) is 4.74 Å². The first kappa shape index (κ1) is 30.2.